The number of thioether (sulfide) groups is 1. The summed E-state index contributed by atoms with van der Waals surface area (Å²) in [6.07, 6.45) is -4.59. The van der Waals surface area contributed by atoms with Crippen LogP contribution in [0.15, 0.2) is 10.6 Å². The Labute approximate surface area is 88.5 Å². The molecule has 0 radical (unpaired) electrons. The SMILES string of the molecule is CCN1C(C(N)=O)=C(C(F)(F)F)SC1N. The minimum atomic E-state index is -4.59. The van der Waals surface area contributed by atoms with Gasteiger partial charge in [0.2, 0.25) is 0 Å². The first kappa shape index (κ1) is 12.2. The van der Waals surface area contributed by atoms with Crippen LogP contribution in [0.2, 0.25) is 0 Å². The third-order valence-corrected chi connectivity index (χ3v) is 3.04. The van der Waals surface area contributed by atoms with Gasteiger partial charge in [0.25, 0.3) is 5.91 Å². The van der Waals surface area contributed by atoms with E-state index in [9.17, 15) is 18.0 Å². The van der Waals surface area contributed by atoms with Crippen LogP contribution in [0.1, 0.15) is 6.92 Å². The zero-order valence-corrected chi connectivity index (χ0v) is 8.65. The van der Waals surface area contributed by atoms with Gasteiger partial charge in [-0.1, -0.05) is 11.8 Å². The van der Waals surface area contributed by atoms with Crippen molar-refractivity contribution in [3.63, 3.8) is 0 Å². The molecule has 4 nitrogen and oxygen atoms in total. The average molecular weight is 241 g/mol. The summed E-state index contributed by atoms with van der Waals surface area (Å²) in [7, 11) is 0. The van der Waals surface area contributed by atoms with Crippen molar-refractivity contribution in [1.82, 2.24) is 4.90 Å². The predicted molar refractivity (Wildman–Crippen MR) is 50.2 cm³/mol. The maximum absolute atomic E-state index is 12.5. The van der Waals surface area contributed by atoms with Gasteiger partial charge in [0.15, 0.2) is 0 Å². The molecule has 8 heteroatoms. The Kier molecular flexibility index (Phi) is 3.19. The third kappa shape index (κ3) is 2.20. The van der Waals surface area contributed by atoms with Gasteiger partial charge < -0.3 is 16.4 Å². The van der Waals surface area contributed by atoms with Crippen LogP contribution in [-0.2, 0) is 4.79 Å². The van der Waals surface area contributed by atoms with Gasteiger partial charge >= 0.3 is 6.18 Å². The highest BCUT2D eigenvalue weighted by molar-refractivity contribution is 8.03. The van der Waals surface area contributed by atoms with Crippen molar-refractivity contribution >= 4 is 17.7 Å². The maximum atomic E-state index is 12.5. The van der Waals surface area contributed by atoms with Gasteiger partial charge in [-0.2, -0.15) is 13.2 Å². The van der Waals surface area contributed by atoms with E-state index in [1.807, 2.05) is 0 Å². The molecular weight excluding hydrogens is 231 g/mol. The molecule has 0 aromatic rings. The van der Waals surface area contributed by atoms with Crippen LogP contribution in [0, 0.1) is 0 Å². The maximum Gasteiger partial charge on any atom is 0.424 e. The summed E-state index contributed by atoms with van der Waals surface area (Å²) in [6, 6.07) is 0. The summed E-state index contributed by atoms with van der Waals surface area (Å²) in [5.74, 6) is -1.11. The lowest BCUT2D eigenvalue weighted by atomic mass is 10.3. The molecule has 1 aliphatic rings. The molecule has 86 valence electrons. The molecule has 1 aliphatic heterocycles. The predicted octanol–water partition coefficient (Wildman–Crippen LogP) is 0.557. The van der Waals surface area contributed by atoms with E-state index in [0.717, 1.165) is 4.90 Å². The van der Waals surface area contributed by atoms with Gasteiger partial charge in [0.05, 0.1) is 0 Å². The Bertz CT molecular complexity index is 315. The van der Waals surface area contributed by atoms with Crippen LogP contribution in [0.3, 0.4) is 0 Å². The number of primary amides is 1. The van der Waals surface area contributed by atoms with Crippen LogP contribution in [-0.4, -0.2) is 29.0 Å². The number of rotatable bonds is 2. The van der Waals surface area contributed by atoms with Crippen LogP contribution in [0.4, 0.5) is 13.2 Å². The van der Waals surface area contributed by atoms with Crippen LogP contribution >= 0.6 is 11.8 Å². The van der Waals surface area contributed by atoms with Crippen molar-refractivity contribution in [3.05, 3.63) is 10.6 Å². The van der Waals surface area contributed by atoms with Gasteiger partial charge in [0.1, 0.15) is 16.1 Å². The fourth-order valence-corrected chi connectivity index (χ4v) is 2.38. The molecule has 0 fully saturated rings. The van der Waals surface area contributed by atoms with E-state index < -0.39 is 28.2 Å². The van der Waals surface area contributed by atoms with Crippen LogP contribution in [0.25, 0.3) is 0 Å². The molecule has 1 heterocycles. The largest absolute Gasteiger partial charge is 0.424 e. The summed E-state index contributed by atoms with van der Waals surface area (Å²) in [6.45, 7) is 1.80. The number of hydrogen-bond acceptors (Lipinski definition) is 4. The fraction of sp³-hybridized carbons (Fsp3) is 0.571. The van der Waals surface area contributed by atoms with Gasteiger partial charge in [-0.25, -0.2) is 0 Å². The molecule has 1 amide bonds. The first-order valence-corrected chi connectivity index (χ1v) is 4.97. The first-order chi connectivity index (χ1) is 6.79. The summed E-state index contributed by atoms with van der Waals surface area (Å²) < 4.78 is 37.5. The van der Waals surface area contributed by atoms with Gasteiger partial charge in [0, 0.05) is 6.54 Å². The molecule has 1 rings (SSSR count). The number of hydrogen-bond donors (Lipinski definition) is 2. The van der Waals surface area contributed by atoms with E-state index in [2.05, 4.69) is 0 Å². The monoisotopic (exact) mass is 241 g/mol. The molecule has 0 aromatic carbocycles. The number of allylic oxidation sites excluding steroid dienone is 1. The van der Waals surface area contributed by atoms with Crippen LogP contribution in [0.5, 0.6) is 0 Å². The molecular formula is C7H10F3N3OS. The number of carbonyl (C=O) groups excluding carboxylic acids is 1. The quantitative estimate of drug-likeness (QED) is 0.740. The Morgan fingerprint density at radius 2 is 2.13 bits per heavy atom. The Balaban J connectivity index is 3.18. The summed E-state index contributed by atoms with van der Waals surface area (Å²) >= 11 is 0.399. The topological polar surface area (TPSA) is 72.3 Å². The molecule has 0 bridgehead atoms. The van der Waals surface area contributed by atoms with Gasteiger partial charge in [-0.3, -0.25) is 4.79 Å². The minimum absolute atomic E-state index is 0.200. The van der Waals surface area contributed by atoms with Crippen molar-refractivity contribution in [2.45, 2.75) is 18.6 Å². The molecule has 0 saturated heterocycles. The van der Waals surface area contributed by atoms with Gasteiger partial charge in [-0.05, 0) is 6.92 Å². The molecule has 1 unspecified atom stereocenters. The van der Waals surface area contributed by atoms with Crippen molar-refractivity contribution in [2.24, 2.45) is 11.5 Å². The number of likely N-dealkylation sites (N-methyl/N-ethyl adjacent to an activating group) is 1. The second-order valence-electron chi connectivity index (χ2n) is 2.83. The van der Waals surface area contributed by atoms with E-state index in [-0.39, 0.29) is 6.54 Å². The fourth-order valence-electron chi connectivity index (χ4n) is 1.29. The first-order valence-electron chi connectivity index (χ1n) is 4.09. The molecule has 0 aromatic heterocycles. The number of alkyl halides is 3. The number of nitrogens with two attached hydrogens (primary N) is 2. The summed E-state index contributed by atoms with van der Waals surface area (Å²) in [5.41, 5.74) is 8.90. The zero-order valence-electron chi connectivity index (χ0n) is 7.84. The van der Waals surface area contributed by atoms with E-state index >= 15 is 0 Å². The van der Waals surface area contributed by atoms with Crippen LogP contribution < -0.4 is 11.5 Å². The normalized spacial score (nSPS) is 22.5. The minimum Gasteiger partial charge on any atom is -0.364 e. The third-order valence-electron chi connectivity index (χ3n) is 1.88. The number of nitrogens with zero attached hydrogens (tertiary/aromatic N) is 1. The summed E-state index contributed by atoms with van der Waals surface area (Å²) in [5, 5.41) is 0. The van der Waals surface area contributed by atoms with Crippen molar-refractivity contribution in [3.8, 4) is 0 Å². The highest BCUT2D eigenvalue weighted by atomic mass is 32.2. The smallest absolute Gasteiger partial charge is 0.364 e. The second kappa shape index (κ2) is 3.93. The number of halogens is 3. The lowest BCUT2D eigenvalue weighted by Gasteiger charge is -2.22. The highest BCUT2D eigenvalue weighted by Gasteiger charge is 2.46. The van der Waals surface area contributed by atoms with E-state index in [1.54, 1.807) is 6.92 Å². The number of carbonyl (C=O) groups is 1. The van der Waals surface area contributed by atoms with Crippen molar-refractivity contribution in [2.75, 3.05) is 6.54 Å². The van der Waals surface area contributed by atoms with E-state index in [4.69, 9.17) is 11.5 Å². The average Bonchev–Trinajstić information content (AvgIpc) is 2.41. The zero-order chi connectivity index (χ0) is 11.8. The molecule has 15 heavy (non-hydrogen) atoms. The Morgan fingerprint density at radius 3 is 2.47 bits per heavy atom. The molecule has 4 N–H and O–H groups in total. The number of amides is 1. The van der Waals surface area contributed by atoms with Gasteiger partial charge in [-0.15, -0.1) is 0 Å². The summed E-state index contributed by atoms with van der Waals surface area (Å²) in [4.78, 5) is 11.1. The molecule has 0 saturated carbocycles. The lowest BCUT2D eigenvalue weighted by molar-refractivity contribution is -0.117. The molecule has 0 spiro atoms. The Hall–Kier alpha value is -0.890. The second-order valence-corrected chi connectivity index (χ2v) is 3.96. The van der Waals surface area contributed by atoms with Crippen molar-refractivity contribution < 1.29 is 18.0 Å². The molecule has 0 aliphatic carbocycles. The van der Waals surface area contributed by atoms with Crippen molar-refractivity contribution in [1.29, 1.82) is 0 Å². The Morgan fingerprint density at radius 1 is 1.60 bits per heavy atom. The highest BCUT2D eigenvalue weighted by Crippen LogP contribution is 2.44. The van der Waals surface area contributed by atoms with E-state index in [1.165, 1.54) is 0 Å². The molecule has 1 atom stereocenters. The lowest BCUT2D eigenvalue weighted by Crippen LogP contribution is -2.39. The van der Waals surface area contributed by atoms with E-state index in [0.29, 0.717) is 11.8 Å². The standard InChI is InChI=1S/C7H10F3N3OS/c1-2-13-3(5(11)14)4(7(8,9)10)15-6(13)12/h6H,2,12H2,1H3,(H2,11,14).